The van der Waals surface area contributed by atoms with Gasteiger partial charge in [0, 0.05) is 19.3 Å². The number of ether oxygens (including phenoxy) is 1. The van der Waals surface area contributed by atoms with Crippen LogP contribution in [0.25, 0.3) is 0 Å². The molecule has 1 fully saturated rings. The van der Waals surface area contributed by atoms with E-state index >= 15 is 0 Å². The predicted octanol–water partition coefficient (Wildman–Crippen LogP) is 2.43. The summed E-state index contributed by atoms with van der Waals surface area (Å²) in [5, 5.41) is 2.83. The van der Waals surface area contributed by atoms with Crippen LogP contribution in [-0.4, -0.2) is 53.5 Å². The molecular weight excluding hydrogens is 294 g/mol. The fourth-order valence-corrected chi connectivity index (χ4v) is 2.80. The molecule has 6 heteroatoms. The van der Waals surface area contributed by atoms with Crippen molar-refractivity contribution in [3.8, 4) is 0 Å². The second kappa shape index (κ2) is 7.64. The minimum atomic E-state index is -0.481. The summed E-state index contributed by atoms with van der Waals surface area (Å²) in [5.74, 6) is 0.462. The molecule has 0 spiro atoms. The Balaban J connectivity index is 1.75. The number of carbonyl (C=O) groups excluding carboxylic acids is 2. The number of amides is 1. The van der Waals surface area contributed by atoms with E-state index in [4.69, 9.17) is 4.74 Å². The van der Waals surface area contributed by atoms with Crippen molar-refractivity contribution < 1.29 is 14.3 Å². The number of rotatable bonds is 5. The molecule has 1 aromatic rings. The maximum Gasteiger partial charge on any atom is 0.407 e. The summed E-state index contributed by atoms with van der Waals surface area (Å²) in [4.78, 5) is 29.0. The Morgan fingerprint density at radius 1 is 1.43 bits per heavy atom. The zero-order chi connectivity index (χ0) is 16.9. The summed E-state index contributed by atoms with van der Waals surface area (Å²) in [6.07, 6.45) is 3.48. The Morgan fingerprint density at radius 3 is 2.87 bits per heavy atom. The van der Waals surface area contributed by atoms with Crippen molar-refractivity contribution in [2.24, 2.45) is 5.92 Å². The van der Waals surface area contributed by atoms with Crippen LogP contribution in [0.15, 0.2) is 18.3 Å². The molecule has 128 valence electrons. The number of hydrogen-bond donors (Lipinski definition) is 2. The number of likely N-dealkylation sites (tertiary alicyclic amines) is 1. The van der Waals surface area contributed by atoms with Gasteiger partial charge in [0.25, 0.3) is 0 Å². The number of aromatic nitrogens is 1. The standard InChI is InChI=1S/C17H27N3O3/c1-17(2,3)23-16(22)19-10-13-6-5-9-20(11-13)12-15(21)14-7-4-8-18-14/h4,7-8,13,18H,5-6,9-12H2,1-3H3,(H,19,22)/t13-/m0/s1. The Kier molecular flexibility index (Phi) is 5.82. The van der Waals surface area contributed by atoms with Crippen LogP contribution in [0.2, 0.25) is 0 Å². The zero-order valence-electron chi connectivity index (χ0n) is 14.2. The van der Waals surface area contributed by atoms with Gasteiger partial charge in [-0.3, -0.25) is 9.69 Å². The maximum absolute atomic E-state index is 12.1. The number of piperidine rings is 1. The molecule has 0 unspecified atom stereocenters. The van der Waals surface area contributed by atoms with E-state index < -0.39 is 5.60 Å². The SMILES string of the molecule is CC(C)(C)OC(=O)NC[C@@H]1CCCN(CC(=O)c2ccc[nH]2)C1. The van der Waals surface area contributed by atoms with Crippen molar-refractivity contribution in [3.05, 3.63) is 24.0 Å². The van der Waals surface area contributed by atoms with E-state index in [9.17, 15) is 9.59 Å². The van der Waals surface area contributed by atoms with E-state index in [1.807, 2.05) is 26.8 Å². The number of ketones is 1. The average molecular weight is 321 g/mol. The van der Waals surface area contributed by atoms with Gasteiger partial charge in [0.15, 0.2) is 5.78 Å². The molecule has 23 heavy (non-hydrogen) atoms. The van der Waals surface area contributed by atoms with Gasteiger partial charge in [0.05, 0.1) is 12.2 Å². The molecule has 2 rings (SSSR count). The molecule has 0 saturated carbocycles. The molecule has 0 aliphatic carbocycles. The van der Waals surface area contributed by atoms with Gasteiger partial charge in [0.2, 0.25) is 0 Å². The first-order chi connectivity index (χ1) is 10.8. The van der Waals surface area contributed by atoms with E-state index in [2.05, 4.69) is 15.2 Å². The normalized spacial score (nSPS) is 19.3. The summed E-state index contributed by atoms with van der Waals surface area (Å²) in [5.41, 5.74) is 0.171. The molecule has 2 heterocycles. The number of aromatic amines is 1. The third kappa shape index (κ3) is 6.06. The lowest BCUT2D eigenvalue weighted by Gasteiger charge is -2.32. The maximum atomic E-state index is 12.1. The van der Waals surface area contributed by atoms with Gasteiger partial charge in [-0.25, -0.2) is 4.79 Å². The summed E-state index contributed by atoms with van der Waals surface area (Å²) in [6, 6.07) is 3.63. The minimum absolute atomic E-state index is 0.107. The Labute approximate surface area is 137 Å². The van der Waals surface area contributed by atoms with Crippen LogP contribution in [0.5, 0.6) is 0 Å². The second-order valence-electron chi connectivity index (χ2n) is 7.13. The lowest BCUT2D eigenvalue weighted by molar-refractivity contribution is 0.0504. The molecule has 0 aromatic carbocycles. The van der Waals surface area contributed by atoms with E-state index in [1.165, 1.54) is 0 Å². The van der Waals surface area contributed by atoms with Crippen molar-refractivity contribution in [2.45, 2.75) is 39.2 Å². The van der Waals surface area contributed by atoms with E-state index in [1.54, 1.807) is 12.3 Å². The van der Waals surface area contributed by atoms with E-state index in [-0.39, 0.29) is 11.9 Å². The largest absolute Gasteiger partial charge is 0.444 e. The number of carbonyl (C=O) groups is 2. The highest BCUT2D eigenvalue weighted by Gasteiger charge is 2.23. The van der Waals surface area contributed by atoms with Crippen molar-refractivity contribution in [1.29, 1.82) is 0 Å². The molecule has 1 saturated heterocycles. The van der Waals surface area contributed by atoms with Crippen LogP contribution in [0, 0.1) is 5.92 Å². The van der Waals surface area contributed by atoms with Gasteiger partial charge in [-0.15, -0.1) is 0 Å². The zero-order valence-corrected chi connectivity index (χ0v) is 14.2. The highest BCUT2D eigenvalue weighted by molar-refractivity contribution is 5.95. The van der Waals surface area contributed by atoms with Crippen molar-refractivity contribution in [1.82, 2.24) is 15.2 Å². The minimum Gasteiger partial charge on any atom is -0.444 e. The van der Waals surface area contributed by atoms with Crippen molar-refractivity contribution in [3.63, 3.8) is 0 Å². The smallest absolute Gasteiger partial charge is 0.407 e. The van der Waals surface area contributed by atoms with Gasteiger partial charge in [-0.1, -0.05) is 0 Å². The topological polar surface area (TPSA) is 74.4 Å². The molecule has 1 amide bonds. The average Bonchev–Trinajstić information content (AvgIpc) is 2.98. The van der Waals surface area contributed by atoms with Crippen molar-refractivity contribution >= 4 is 11.9 Å². The number of hydrogen-bond acceptors (Lipinski definition) is 4. The third-order valence-electron chi connectivity index (χ3n) is 3.80. The highest BCUT2D eigenvalue weighted by Crippen LogP contribution is 2.16. The molecule has 1 aliphatic rings. The van der Waals surface area contributed by atoms with Crippen LogP contribution in [0.1, 0.15) is 44.1 Å². The highest BCUT2D eigenvalue weighted by atomic mass is 16.6. The van der Waals surface area contributed by atoms with Gasteiger partial charge >= 0.3 is 6.09 Å². The molecule has 1 aliphatic heterocycles. The fourth-order valence-electron chi connectivity index (χ4n) is 2.80. The monoisotopic (exact) mass is 321 g/mol. The third-order valence-corrected chi connectivity index (χ3v) is 3.80. The molecule has 1 aromatic heterocycles. The molecule has 0 radical (unpaired) electrons. The second-order valence-corrected chi connectivity index (χ2v) is 7.13. The van der Waals surface area contributed by atoms with Crippen molar-refractivity contribution in [2.75, 3.05) is 26.2 Å². The summed E-state index contributed by atoms with van der Waals surface area (Å²) >= 11 is 0. The first kappa shape index (κ1) is 17.5. The number of alkyl carbamates (subject to hydrolysis) is 1. The summed E-state index contributed by atoms with van der Waals surface area (Å²) in [7, 11) is 0. The van der Waals surface area contributed by atoms with Gasteiger partial charge < -0.3 is 15.0 Å². The number of H-pyrrole nitrogens is 1. The van der Waals surface area contributed by atoms with E-state index in [0.717, 1.165) is 25.9 Å². The molecule has 2 N–H and O–H groups in total. The van der Waals surface area contributed by atoms with Crippen LogP contribution in [-0.2, 0) is 4.74 Å². The Hall–Kier alpha value is -1.82. The quantitative estimate of drug-likeness (QED) is 0.817. The van der Waals surface area contributed by atoms with Crippen LogP contribution < -0.4 is 5.32 Å². The van der Waals surface area contributed by atoms with Crippen LogP contribution in [0.4, 0.5) is 4.79 Å². The first-order valence-corrected chi connectivity index (χ1v) is 8.19. The van der Waals surface area contributed by atoms with E-state index in [0.29, 0.717) is 24.7 Å². The van der Waals surface area contributed by atoms with Gasteiger partial charge in [-0.05, 0) is 58.2 Å². The molecule has 1 atom stereocenters. The van der Waals surface area contributed by atoms with Gasteiger partial charge in [-0.2, -0.15) is 0 Å². The summed E-state index contributed by atoms with van der Waals surface area (Å²) < 4.78 is 5.25. The predicted molar refractivity (Wildman–Crippen MR) is 88.5 cm³/mol. The Bertz CT molecular complexity index is 520. The number of Topliss-reactive ketones (excluding diaryl/α,β-unsaturated/α-hetero) is 1. The molecule has 0 bridgehead atoms. The first-order valence-electron chi connectivity index (χ1n) is 8.19. The lowest BCUT2D eigenvalue weighted by Crippen LogP contribution is -2.43. The van der Waals surface area contributed by atoms with Gasteiger partial charge in [0.1, 0.15) is 5.60 Å². The number of nitrogens with zero attached hydrogens (tertiary/aromatic N) is 1. The summed E-state index contributed by atoms with van der Waals surface area (Å²) in [6.45, 7) is 8.30. The number of nitrogens with one attached hydrogen (secondary N) is 2. The molecular formula is C17H27N3O3. The van der Waals surface area contributed by atoms with Crippen LogP contribution in [0.3, 0.4) is 0 Å². The fraction of sp³-hybridized carbons (Fsp3) is 0.647. The lowest BCUT2D eigenvalue weighted by atomic mass is 9.97. The van der Waals surface area contributed by atoms with Crippen LogP contribution >= 0.6 is 0 Å². The molecule has 6 nitrogen and oxygen atoms in total. The Morgan fingerprint density at radius 2 is 2.22 bits per heavy atom.